The monoisotopic (exact) mass is 412 g/mol. The first-order valence-corrected chi connectivity index (χ1v) is 9.58. The van der Waals surface area contributed by atoms with E-state index in [4.69, 9.17) is 0 Å². The molecule has 4 rings (SSSR count). The Morgan fingerprint density at radius 1 is 1.26 bits per heavy atom. The first kappa shape index (κ1) is 20.0. The lowest BCUT2D eigenvalue weighted by Gasteiger charge is -2.15. The lowest BCUT2D eigenvalue weighted by molar-refractivity contribution is 0.0860. The van der Waals surface area contributed by atoms with E-state index in [2.05, 4.69) is 36.4 Å². The minimum Gasteiger partial charge on any atom is -0.344 e. The smallest absolute Gasteiger partial charge is 0.171 e. The van der Waals surface area contributed by atoms with Crippen LogP contribution in [-0.4, -0.2) is 35.5 Å². The standard InChI is InChI=1S/C22H20N8O/c1-22(2,3)20(31)17-10-25-21-19(17)29-18(11-26-21)28-15-6-4-14(5-7-15)8-16(9-23)30-13-24-12-27-30/h4-8,10-13H,1-3H3,(H,25,26)(H,28,29)/b16-8-. The summed E-state index contributed by atoms with van der Waals surface area (Å²) in [4.78, 5) is 28.5. The summed E-state index contributed by atoms with van der Waals surface area (Å²) in [6, 6.07) is 9.58. The predicted octanol–water partition coefficient (Wildman–Crippen LogP) is 4.04. The SMILES string of the molecule is CC(C)(C)C(=O)c1c[nH]c2ncc(Nc3ccc(/C=C(/C#N)n4cncn4)cc3)nc12. The van der Waals surface area contributed by atoms with E-state index in [1.54, 1.807) is 18.5 Å². The number of carbonyl (C=O) groups is 1. The molecule has 0 radical (unpaired) electrons. The highest BCUT2D eigenvalue weighted by Crippen LogP contribution is 2.26. The van der Waals surface area contributed by atoms with Crippen LogP contribution < -0.4 is 5.32 Å². The van der Waals surface area contributed by atoms with Crippen molar-refractivity contribution in [3.8, 4) is 6.07 Å². The van der Waals surface area contributed by atoms with Gasteiger partial charge in [0.2, 0.25) is 0 Å². The fourth-order valence-corrected chi connectivity index (χ4v) is 2.98. The largest absolute Gasteiger partial charge is 0.344 e. The molecule has 0 bridgehead atoms. The minimum atomic E-state index is -0.516. The van der Waals surface area contributed by atoms with Crippen molar-refractivity contribution in [3.05, 3.63) is 60.4 Å². The molecule has 0 amide bonds. The Kier molecular flexibility index (Phi) is 5.05. The number of hydrogen-bond donors (Lipinski definition) is 2. The van der Waals surface area contributed by atoms with Gasteiger partial charge in [-0.15, -0.1) is 0 Å². The number of anilines is 2. The zero-order valence-corrected chi connectivity index (χ0v) is 17.3. The van der Waals surface area contributed by atoms with Gasteiger partial charge in [-0.05, 0) is 23.8 Å². The van der Waals surface area contributed by atoms with Crippen LogP contribution in [0.25, 0.3) is 22.9 Å². The second-order valence-corrected chi connectivity index (χ2v) is 7.96. The Hall–Kier alpha value is -4.32. The topological polar surface area (TPSA) is 125 Å². The molecule has 9 heteroatoms. The van der Waals surface area contributed by atoms with Crippen molar-refractivity contribution in [2.75, 3.05) is 5.32 Å². The number of Topliss-reactive ketones (excluding diaryl/α,β-unsaturated/α-hetero) is 1. The fraction of sp³-hybridized carbons (Fsp3) is 0.182. The van der Waals surface area contributed by atoms with E-state index >= 15 is 0 Å². The Morgan fingerprint density at radius 3 is 2.68 bits per heavy atom. The van der Waals surface area contributed by atoms with Crippen molar-refractivity contribution in [2.24, 2.45) is 5.41 Å². The van der Waals surface area contributed by atoms with E-state index in [1.165, 1.54) is 17.3 Å². The maximum Gasteiger partial charge on any atom is 0.171 e. The van der Waals surface area contributed by atoms with E-state index in [1.807, 2.05) is 45.0 Å². The summed E-state index contributed by atoms with van der Waals surface area (Å²) in [5.41, 5.74) is 3.10. The van der Waals surface area contributed by atoms with Gasteiger partial charge in [0.25, 0.3) is 0 Å². The molecule has 0 aliphatic carbocycles. The zero-order valence-electron chi connectivity index (χ0n) is 17.3. The average Bonchev–Trinajstić information content (AvgIpc) is 3.42. The van der Waals surface area contributed by atoms with Crippen molar-refractivity contribution >= 4 is 40.2 Å². The van der Waals surface area contributed by atoms with Gasteiger partial charge in [0, 0.05) is 17.3 Å². The molecule has 0 aliphatic heterocycles. The van der Waals surface area contributed by atoms with Crippen molar-refractivity contribution < 1.29 is 4.79 Å². The summed E-state index contributed by atoms with van der Waals surface area (Å²) in [5, 5.41) is 16.5. The number of carbonyl (C=O) groups excluding carboxylic acids is 1. The third kappa shape index (κ3) is 4.18. The number of rotatable bonds is 5. The van der Waals surface area contributed by atoms with Crippen molar-refractivity contribution in [2.45, 2.75) is 20.8 Å². The van der Waals surface area contributed by atoms with Crippen LogP contribution in [0.2, 0.25) is 0 Å². The summed E-state index contributed by atoms with van der Waals surface area (Å²) in [6.45, 7) is 5.63. The second-order valence-electron chi connectivity index (χ2n) is 7.96. The molecule has 3 heterocycles. The number of nitrogens with one attached hydrogen (secondary N) is 2. The molecule has 1 aromatic carbocycles. The van der Waals surface area contributed by atoms with Crippen LogP contribution in [0.4, 0.5) is 11.5 Å². The molecule has 0 aliphatic rings. The molecule has 0 fully saturated rings. The maximum atomic E-state index is 12.7. The number of aromatic amines is 1. The number of aromatic nitrogens is 6. The lowest BCUT2D eigenvalue weighted by Crippen LogP contribution is -2.20. The highest BCUT2D eigenvalue weighted by Gasteiger charge is 2.26. The van der Waals surface area contributed by atoms with Crippen LogP contribution in [0.3, 0.4) is 0 Å². The van der Waals surface area contributed by atoms with E-state index in [0.29, 0.717) is 28.2 Å². The molecule has 0 saturated carbocycles. The van der Waals surface area contributed by atoms with E-state index in [-0.39, 0.29) is 5.78 Å². The van der Waals surface area contributed by atoms with Gasteiger partial charge in [-0.2, -0.15) is 10.4 Å². The molecule has 0 saturated heterocycles. The summed E-state index contributed by atoms with van der Waals surface area (Å²) in [7, 11) is 0. The summed E-state index contributed by atoms with van der Waals surface area (Å²) >= 11 is 0. The number of nitrogens with zero attached hydrogens (tertiary/aromatic N) is 6. The Morgan fingerprint density at radius 2 is 2.03 bits per heavy atom. The minimum absolute atomic E-state index is 0.00187. The van der Waals surface area contributed by atoms with Gasteiger partial charge in [-0.3, -0.25) is 4.79 Å². The van der Waals surface area contributed by atoms with Crippen LogP contribution in [0.5, 0.6) is 0 Å². The number of benzene rings is 1. The highest BCUT2D eigenvalue weighted by atomic mass is 16.1. The molecular formula is C22H20N8O. The molecule has 0 spiro atoms. The van der Waals surface area contributed by atoms with E-state index in [0.717, 1.165) is 11.3 Å². The molecule has 4 aromatic rings. The van der Waals surface area contributed by atoms with Crippen LogP contribution >= 0.6 is 0 Å². The summed E-state index contributed by atoms with van der Waals surface area (Å²) in [5.74, 6) is 0.528. The molecule has 2 N–H and O–H groups in total. The molecule has 31 heavy (non-hydrogen) atoms. The Balaban J connectivity index is 1.57. The number of hydrogen-bond acceptors (Lipinski definition) is 7. The molecule has 9 nitrogen and oxygen atoms in total. The van der Waals surface area contributed by atoms with Gasteiger partial charge >= 0.3 is 0 Å². The van der Waals surface area contributed by atoms with Gasteiger partial charge in [0.05, 0.1) is 11.8 Å². The lowest BCUT2D eigenvalue weighted by atomic mass is 9.87. The highest BCUT2D eigenvalue weighted by molar-refractivity contribution is 6.08. The fourth-order valence-electron chi connectivity index (χ4n) is 2.98. The molecule has 0 unspecified atom stereocenters. The number of H-pyrrole nitrogens is 1. The first-order valence-electron chi connectivity index (χ1n) is 9.58. The Bertz CT molecular complexity index is 1300. The van der Waals surface area contributed by atoms with Crippen LogP contribution in [0, 0.1) is 16.7 Å². The van der Waals surface area contributed by atoms with Crippen LogP contribution in [0.15, 0.2) is 49.3 Å². The first-order chi connectivity index (χ1) is 14.8. The molecular weight excluding hydrogens is 392 g/mol. The van der Waals surface area contributed by atoms with Gasteiger partial charge in [0.15, 0.2) is 11.4 Å². The number of fused-ring (bicyclic) bond motifs is 1. The molecule has 154 valence electrons. The molecule has 0 atom stereocenters. The van der Waals surface area contributed by atoms with E-state index < -0.39 is 5.41 Å². The Labute approximate surface area is 178 Å². The van der Waals surface area contributed by atoms with Gasteiger partial charge < -0.3 is 10.3 Å². The van der Waals surface area contributed by atoms with Crippen LogP contribution in [-0.2, 0) is 0 Å². The summed E-state index contributed by atoms with van der Waals surface area (Å²) in [6.07, 6.45) is 7.83. The molecule has 3 aromatic heterocycles. The normalized spacial score (nSPS) is 12.0. The van der Waals surface area contributed by atoms with Crippen LogP contribution in [0.1, 0.15) is 36.7 Å². The third-order valence-corrected chi connectivity index (χ3v) is 4.57. The van der Waals surface area contributed by atoms with E-state index in [9.17, 15) is 10.1 Å². The predicted molar refractivity (Wildman–Crippen MR) is 117 cm³/mol. The third-order valence-electron chi connectivity index (χ3n) is 4.57. The summed E-state index contributed by atoms with van der Waals surface area (Å²) < 4.78 is 1.41. The number of ketones is 1. The quantitative estimate of drug-likeness (QED) is 0.374. The number of nitriles is 1. The van der Waals surface area contributed by atoms with Crippen molar-refractivity contribution in [1.82, 2.24) is 29.7 Å². The van der Waals surface area contributed by atoms with Gasteiger partial charge in [-0.1, -0.05) is 32.9 Å². The zero-order chi connectivity index (χ0) is 22.0. The van der Waals surface area contributed by atoms with Gasteiger partial charge in [0.1, 0.15) is 35.8 Å². The second kappa shape index (κ2) is 7.84. The average molecular weight is 412 g/mol. The van der Waals surface area contributed by atoms with Gasteiger partial charge in [-0.25, -0.2) is 19.6 Å². The maximum absolute atomic E-state index is 12.7. The van der Waals surface area contributed by atoms with Crippen molar-refractivity contribution in [3.63, 3.8) is 0 Å². The van der Waals surface area contributed by atoms with Crippen molar-refractivity contribution in [1.29, 1.82) is 5.26 Å². The number of allylic oxidation sites excluding steroid dienone is 1.